The third kappa shape index (κ3) is 2.17. The number of rotatable bonds is 3. The van der Waals surface area contributed by atoms with Crippen molar-refractivity contribution in [3.8, 4) is 0 Å². The average Bonchev–Trinajstić information content (AvgIpc) is 2.32. The van der Waals surface area contributed by atoms with E-state index in [4.69, 9.17) is 0 Å². The molecule has 1 aliphatic rings. The highest BCUT2D eigenvalue weighted by molar-refractivity contribution is 4.83. The van der Waals surface area contributed by atoms with E-state index in [-0.39, 0.29) is 6.10 Å². The molecule has 1 fully saturated rings. The van der Waals surface area contributed by atoms with Crippen molar-refractivity contribution in [3.63, 3.8) is 0 Å². The second kappa shape index (κ2) is 4.07. The average molecular weight is 157 g/mol. The Morgan fingerprint density at radius 1 is 1.45 bits per heavy atom. The summed E-state index contributed by atoms with van der Waals surface area (Å²) >= 11 is 0. The van der Waals surface area contributed by atoms with Crippen molar-refractivity contribution < 1.29 is 5.11 Å². The zero-order valence-electron chi connectivity index (χ0n) is 7.58. The standard InChI is InChI=1S/C9H19NO/c1-3-5-10-7-9(11)6-8(10)4-2/h8-9,11H,3-7H2,1-2H3. The van der Waals surface area contributed by atoms with Gasteiger partial charge in [-0.15, -0.1) is 0 Å². The molecule has 1 N–H and O–H groups in total. The van der Waals surface area contributed by atoms with Crippen LogP contribution in [0.5, 0.6) is 0 Å². The highest BCUT2D eigenvalue weighted by atomic mass is 16.3. The molecule has 2 heteroatoms. The molecule has 0 bridgehead atoms. The van der Waals surface area contributed by atoms with Crippen LogP contribution in [-0.4, -0.2) is 35.2 Å². The number of aliphatic hydroxyl groups excluding tert-OH is 1. The quantitative estimate of drug-likeness (QED) is 0.666. The van der Waals surface area contributed by atoms with Crippen molar-refractivity contribution in [1.29, 1.82) is 0 Å². The lowest BCUT2D eigenvalue weighted by Crippen LogP contribution is -2.29. The lowest BCUT2D eigenvalue weighted by atomic mass is 10.1. The Morgan fingerprint density at radius 2 is 2.18 bits per heavy atom. The van der Waals surface area contributed by atoms with Gasteiger partial charge in [0.25, 0.3) is 0 Å². The zero-order valence-corrected chi connectivity index (χ0v) is 7.58. The molecular weight excluding hydrogens is 138 g/mol. The van der Waals surface area contributed by atoms with E-state index in [1.54, 1.807) is 0 Å². The van der Waals surface area contributed by atoms with Crippen molar-refractivity contribution in [2.75, 3.05) is 13.1 Å². The molecule has 2 unspecified atom stereocenters. The first kappa shape index (κ1) is 9.01. The molecule has 1 rings (SSSR count). The highest BCUT2D eigenvalue weighted by Gasteiger charge is 2.28. The van der Waals surface area contributed by atoms with E-state index in [1.165, 1.54) is 12.8 Å². The van der Waals surface area contributed by atoms with Crippen LogP contribution < -0.4 is 0 Å². The summed E-state index contributed by atoms with van der Waals surface area (Å²) in [5, 5.41) is 9.39. The maximum absolute atomic E-state index is 9.39. The monoisotopic (exact) mass is 157 g/mol. The van der Waals surface area contributed by atoms with Crippen LogP contribution >= 0.6 is 0 Å². The van der Waals surface area contributed by atoms with Gasteiger partial charge >= 0.3 is 0 Å². The third-order valence-corrected chi connectivity index (χ3v) is 2.49. The molecule has 0 spiro atoms. The van der Waals surface area contributed by atoms with E-state index >= 15 is 0 Å². The summed E-state index contributed by atoms with van der Waals surface area (Å²) in [6.45, 7) is 6.44. The van der Waals surface area contributed by atoms with Gasteiger partial charge in [-0.05, 0) is 25.8 Å². The Kier molecular flexibility index (Phi) is 3.34. The normalized spacial score (nSPS) is 33.0. The number of nitrogens with zero attached hydrogens (tertiary/aromatic N) is 1. The van der Waals surface area contributed by atoms with Crippen molar-refractivity contribution in [1.82, 2.24) is 4.90 Å². The van der Waals surface area contributed by atoms with Crippen molar-refractivity contribution in [3.05, 3.63) is 0 Å². The van der Waals surface area contributed by atoms with Gasteiger partial charge in [0.05, 0.1) is 6.10 Å². The van der Waals surface area contributed by atoms with E-state index < -0.39 is 0 Å². The lowest BCUT2D eigenvalue weighted by Gasteiger charge is -2.21. The van der Waals surface area contributed by atoms with Crippen LogP contribution in [0.4, 0.5) is 0 Å². The van der Waals surface area contributed by atoms with E-state index in [1.807, 2.05) is 0 Å². The molecule has 0 aromatic heterocycles. The smallest absolute Gasteiger partial charge is 0.0682 e. The van der Waals surface area contributed by atoms with Gasteiger partial charge in [0.2, 0.25) is 0 Å². The van der Waals surface area contributed by atoms with Crippen LogP contribution in [0.3, 0.4) is 0 Å². The fraction of sp³-hybridized carbons (Fsp3) is 1.00. The number of likely N-dealkylation sites (tertiary alicyclic amines) is 1. The fourth-order valence-corrected chi connectivity index (χ4v) is 1.94. The van der Waals surface area contributed by atoms with Crippen LogP contribution in [0.2, 0.25) is 0 Å². The predicted molar refractivity (Wildman–Crippen MR) is 46.6 cm³/mol. The number of aliphatic hydroxyl groups is 1. The first-order valence-electron chi connectivity index (χ1n) is 4.70. The molecule has 2 atom stereocenters. The summed E-state index contributed by atoms with van der Waals surface area (Å²) in [5.41, 5.74) is 0. The lowest BCUT2D eigenvalue weighted by molar-refractivity contribution is 0.175. The molecular formula is C9H19NO. The van der Waals surface area contributed by atoms with Crippen LogP contribution in [0.25, 0.3) is 0 Å². The summed E-state index contributed by atoms with van der Waals surface area (Å²) in [6, 6.07) is 0.643. The van der Waals surface area contributed by atoms with E-state index in [0.29, 0.717) is 6.04 Å². The topological polar surface area (TPSA) is 23.5 Å². The Bertz CT molecular complexity index is 116. The number of hydrogen-bond donors (Lipinski definition) is 1. The van der Waals surface area contributed by atoms with Gasteiger partial charge in [-0.25, -0.2) is 0 Å². The van der Waals surface area contributed by atoms with E-state index in [9.17, 15) is 5.11 Å². The van der Waals surface area contributed by atoms with Crippen LogP contribution in [0, 0.1) is 0 Å². The van der Waals surface area contributed by atoms with Crippen LogP contribution in [0.15, 0.2) is 0 Å². The molecule has 66 valence electrons. The fourth-order valence-electron chi connectivity index (χ4n) is 1.94. The molecule has 0 aromatic rings. The van der Waals surface area contributed by atoms with Gasteiger partial charge < -0.3 is 5.11 Å². The van der Waals surface area contributed by atoms with Crippen molar-refractivity contribution >= 4 is 0 Å². The summed E-state index contributed by atoms with van der Waals surface area (Å²) in [7, 11) is 0. The second-order valence-corrected chi connectivity index (χ2v) is 3.45. The van der Waals surface area contributed by atoms with Gasteiger partial charge in [-0.3, -0.25) is 4.90 Å². The van der Waals surface area contributed by atoms with Gasteiger partial charge in [0, 0.05) is 12.6 Å². The molecule has 0 radical (unpaired) electrons. The molecule has 1 saturated heterocycles. The van der Waals surface area contributed by atoms with Crippen LogP contribution in [0.1, 0.15) is 33.1 Å². The number of β-amino-alcohol motifs (C(OH)–C–C–N with tert-alkyl or cyclic N) is 1. The largest absolute Gasteiger partial charge is 0.392 e. The Hall–Kier alpha value is -0.0800. The Morgan fingerprint density at radius 3 is 2.73 bits per heavy atom. The molecule has 1 aliphatic heterocycles. The maximum Gasteiger partial charge on any atom is 0.0682 e. The SMILES string of the molecule is CCCN1CC(O)CC1CC. The van der Waals surface area contributed by atoms with Crippen LogP contribution in [-0.2, 0) is 0 Å². The molecule has 1 heterocycles. The molecule has 0 aromatic carbocycles. The predicted octanol–water partition coefficient (Wildman–Crippen LogP) is 1.24. The minimum Gasteiger partial charge on any atom is -0.392 e. The summed E-state index contributed by atoms with van der Waals surface area (Å²) in [5.74, 6) is 0. The summed E-state index contributed by atoms with van der Waals surface area (Å²) in [4.78, 5) is 2.41. The van der Waals surface area contributed by atoms with Gasteiger partial charge in [-0.2, -0.15) is 0 Å². The van der Waals surface area contributed by atoms with Crippen molar-refractivity contribution in [2.24, 2.45) is 0 Å². The minimum absolute atomic E-state index is 0.0634. The summed E-state index contributed by atoms with van der Waals surface area (Å²) < 4.78 is 0. The van der Waals surface area contributed by atoms with Gasteiger partial charge in [0.1, 0.15) is 0 Å². The molecule has 2 nitrogen and oxygen atoms in total. The van der Waals surface area contributed by atoms with E-state index in [2.05, 4.69) is 18.7 Å². The maximum atomic E-state index is 9.39. The second-order valence-electron chi connectivity index (χ2n) is 3.45. The first-order chi connectivity index (χ1) is 5.27. The van der Waals surface area contributed by atoms with E-state index in [0.717, 1.165) is 19.5 Å². The van der Waals surface area contributed by atoms with Gasteiger partial charge in [0.15, 0.2) is 0 Å². The minimum atomic E-state index is -0.0634. The highest BCUT2D eigenvalue weighted by Crippen LogP contribution is 2.19. The molecule has 11 heavy (non-hydrogen) atoms. The van der Waals surface area contributed by atoms with Gasteiger partial charge in [-0.1, -0.05) is 13.8 Å². The summed E-state index contributed by atoms with van der Waals surface area (Å²) in [6.07, 6.45) is 3.29. The first-order valence-corrected chi connectivity index (χ1v) is 4.70. The Labute approximate surface area is 69.2 Å². The third-order valence-electron chi connectivity index (χ3n) is 2.49. The molecule has 0 saturated carbocycles. The zero-order chi connectivity index (χ0) is 8.27. The van der Waals surface area contributed by atoms with Crippen molar-refractivity contribution in [2.45, 2.75) is 45.3 Å². The number of hydrogen-bond acceptors (Lipinski definition) is 2. The molecule has 0 amide bonds. The molecule has 0 aliphatic carbocycles. The Balaban J connectivity index is 2.37.